The van der Waals surface area contributed by atoms with E-state index in [-0.39, 0.29) is 11.4 Å². The van der Waals surface area contributed by atoms with Crippen LogP contribution in [0.3, 0.4) is 0 Å². The first-order chi connectivity index (χ1) is 9.83. The Labute approximate surface area is 129 Å². The van der Waals surface area contributed by atoms with Crippen molar-refractivity contribution in [3.63, 3.8) is 0 Å². The van der Waals surface area contributed by atoms with Crippen molar-refractivity contribution >= 4 is 5.97 Å². The van der Waals surface area contributed by atoms with Gasteiger partial charge in [-0.3, -0.25) is 4.79 Å². The molecular weight excluding hydrogens is 264 g/mol. The van der Waals surface area contributed by atoms with E-state index in [1.165, 1.54) is 6.42 Å². The molecule has 0 amide bonds. The quantitative estimate of drug-likeness (QED) is 0.398. The van der Waals surface area contributed by atoms with Crippen LogP contribution in [0.5, 0.6) is 0 Å². The molecule has 0 aromatic heterocycles. The summed E-state index contributed by atoms with van der Waals surface area (Å²) in [6, 6.07) is 0. The van der Waals surface area contributed by atoms with E-state index in [1.807, 2.05) is 20.8 Å². The maximum atomic E-state index is 12.5. The Kier molecular flexibility index (Phi) is 4.82. The van der Waals surface area contributed by atoms with Crippen LogP contribution in [-0.4, -0.2) is 18.9 Å². The number of esters is 1. The van der Waals surface area contributed by atoms with Crippen LogP contribution in [0.1, 0.15) is 60.3 Å². The molecule has 0 N–H and O–H groups in total. The van der Waals surface area contributed by atoms with E-state index in [9.17, 15) is 4.79 Å². The molecule has 0 saturated heterocycles. The van der Waals surface area contributed by atoms with Gasteiger partial charge in [0.2, 0.25) is 6.29 Å². The SMILES string of the molecule is CCCC(C)(C)C(=O)OC(OCC)C1(C)CC2C=CC1C2. The van der Waals surface area contributed by atoms with Crippen LogP contribution >= 0.6 is 0 Å². The summed E-state index contributed by atoms with van der Waals surface area (Å²) in [5.41, 5.74) is -0.513. The van der Waals surface area contributed by atoms with Crippen LogP contribution in [0.4, 0.5) is 0 Å². The summed E-state index contributed by atoms with van der Waals surface area (Å²) >= 11 is 0. The molecule has 4 atom stereocenters. The molecule has 4 unspecified atom stereocenters. The number of ether oxygens (including phenoxy) is 2. The molecule has 0 radical (unpaired) electrons. The van der Waals surface area contributed by atoms with Gasteiger partial charge in [0.15, 0.2) is 0 Å². The molecule has 0 heterocycles. The lowest BCUT2D eigenvalue weighted by atomic mass is 9.76. The molecule has 0 spiro atoms. The van der Waals surface area contributed by atoms with Gasteiger partial charge < -0.3 is 9.47 Å². The highest BCUT2D eigenvalue weighted by atomic mass is 16.7. The molecule has 2 bridgehead atoms. The fourth-order valence-corrected chi connectivity index (χ4v) is 3.90. The molecule has 1 saturated carbocycles. The fourth-order valence-electron chi connectivity index (χ4n) is 3.90. The van der Waals surface area contributed by atoms with Gasteiger partial charge in [0.1, 0.15) is 0 Å². The van der Waals surface area contributed by atoms with E-state index in [2.05, 4.69) is 26.0 Å². The van der Waals surface area contributed by atoms with Crippen molar-refractivity contribution < 1.29 is 14.3 Å². The Morgan fingerprint density at radius 3 is 2.57 bits per heavy atom. The average molecular weight is 294 g/mol. The van der Waals surface area contributed by atoms with Crippen LogP contribution in [0.15, 0.2) is 12.2 Å². The Morgan fingerprint density at radius 2 is 2.10 bits per heavy atom. The molecule has 2 rings (SSSR count). The number of allylic oxidation sites excluding steroid dienone is 2. The van der Waals surface area contributed by atoms with Crippen molar-refractivity contribution in [2.24, 2.45) is 22.7 Å². The molecular formula is C18H30O3. The number of fused-ring (bicyclic) bond motifs is 2. The third kappa shape index (κ3) is 3.18. The smallest absolute Gasteiger partial charge is 0.313 e. The van der Waals surface area contributed by atoms with Gasteiger partial charge in [-0.05, 0) is 51.9 Å². The number of rotatable bonds is 7. The standard InChI is InChI=1S/C18H30O3/c1-6-10-17(3,4)15(19)21-16(20-7-2)18(5)12-13-8-9-14(18)11-13/h8-9,13-14,16H,6-7,10-12H2,1-5H3. The summed E-state index contributed by atoms with van der Waals surface area (Å²) in [7, 11) is 0. The Morgan fingerprint density at radius 1 is 1.38 bits per heavy atom. The van der Waals surface area contributed by atoms with Crippen LogP contribution in [0, 0.1) is 22.7 Å². The first kappa shape index (κ1) is 16.5. The van der Waals surface area contributed by atoms with Crippen LogP contribution in [0.25, 0.3) is 0 Å². The van der Waals surface area contributed by atoms with Gasteiger partial charge in [0.25, 0.3) is 0 Å². The van der Waals surface area contributed by atoms with Gasteiger partial charge in [-0.15, -0.1) is 0 Å². The van der Waals surface area contributed by atoms with Gasteiger partial charge in [0.05, 0.1) is 5.41 Å². The second-order valence-corrected chi connectivity index (χ2v) is 7.52. The summed E-state index contributed by atoms with van der Waals surface area (Å²) < 4.78 is 11.7. The van der Waals surface area contributed by atoms with Crippen molar-refractivity contribution in [2.45, 2.75) is 66.6 Å². The summed E-state index contributed by atoms with van der Waals surface area (Å²) in [5.74, 6) is 0.974. The molecule has 1 fully saturated rings. The molecule has 3 nitrogen and oxygen atoms in total. The maximum Gasteiger partial charge on any atom is 0.313 e. The Bertz CT molecular complexity index is 413. The molecule has 2 aliphatic rings. The first-order valence-corrected chi connectivity index (χ1v) is 8.34. The van der Waals surface area contributed by atoms with Gasteiger partial charge in [-0.1, -0.05) is 32.4 Å². The van der Waals surface area contributed by atoms with E-state index in [0.29, 0.717) is 18.4 Å². The number of carbonyl (C=O) groups is 1. The van der Waals surface area contributed by atoms with Crippen molar-refractivity contribution in [1.29, 1.82) is 0 Å². The molecule has 3 heteroatoms. The van der Waals surface area contributed by atoms with Gasteiger partial charge in [-0.25, -0.2) is 0 Å². The zero-order valence-corrected chi connectivity index (χ0v) is 14.1. The minimum absolute atomic E-state index is 0.0760. The van der Waals surface area contributed by atoms with Crippen molar-refractivity contribution in [3.05, 3.63) is 12.2 Å². The molecule has 21 heavy (non-hydrogen) atoms. The molecule has 2 aliphatic carbocycles. The third-order valence-corrected chi connectivity index (χ3v) is 5.22. The third-order valence-electron chi connectivity index (χ3n) is 5.22. The summed E-state index contributed by atoms with van der Waals surface area (Å²) in [6.45, 7) is 10.8. The predicted octanol–water partition coefficient (Wildman–Crippen LogP) is 4.32. The zero-order chi connectivity index (χ0) is 15.7. The van der Waals surface area contributed by atoms with E-state index in [1.54, 1.807) is 0 Å². The largest absolute Gasteiger partial charge is 0.435 e. The molecule has 120 valence electrons. The van der Waals surface area contributed by atoms with Crippen molar-refractivity contribution in [1.82, 2.24) is 0 Å². The predicted molar refractivity (Wildman–Crippen MR) is 83.7 cm³/mol. The number of hydrogen-bond acceptors (Lipinski definition) is 3. The Hall–Kier alpha value is -0.830. The van der Waals surface area contributed by atoms with Crippen molar-refractivity contribution in [3.8, 4) is 0 Å². The van der Waals surface area contributed by atoms with E-state index in [0.717, 1.165) is 19.3 Å². The van der Waals surface area contributed by atoms with Crippen molar-refractivity contribution in [2.75, 3.05) is 6.61 Å². The second kappa shape index (κ2) is 6.12. The van der Waals surface area contributed by atoms with E-state index < -0.39 is 11.7 Å². The maximum absolute atomic E-state index is 12.5. The molecule has 0 aromatic rings. The molecule has 0 aliphatic heterocycles. The zero-order valence-electron chi connectivity index (χ0n) is 14.1. The molecule has 0 aromatic carbocycles. The number of hydrogen-bond donors (Lipinski definition) is 0. The summed E-state index contributed by atoms with van der Waals surface area (Å²) in [4.78, 5) is 12.5. The second-order valence-electron chi connectivity index (χ2n) is 7.52. The van der Waals surface area contributed by atoms with Crippen LogP contribution in [-0.2, 0) is 14.3 Å². The normalized spacial score (nSPS) is 32.4. The Balaban J connectivity index is 2.10. The van der Waals surface area contributed by atoms with E-state index >= 15 is 0 Å². The highest BCUT2D eigenvalue weighted by Crippen LogP contribution is 2.54. The summed E-state index contributed by atoms with van der Waals surface area (Å²) in [6.07, 6.45) is 8.21. The topological polar surface area (TPSA) is 35.5 Å². The van der Waals surface area contributed by atoms with Gasteiger partial charge in [-0.2, -0.15) is 0 Å². The lowest BCUT2D eigenvalue weighted by molar-refractivity contribution is -0.220. The summed E-state index contributed by atoms with van der Waals surface area (Å²) in [5, 5.41) is 0. The highest BCUT2D eigenvalue weighted by Gasteiger charge is 2.52. The van der Waals surface area contributed by atoms with E-state index in [4.69, 9.17) is 9.47 Å². The average Bonchev–Trinajstić information content (AvgIpc) is 2.98. The minimum Gasteiger partial charge on any atom is -0.435 e. The van der Waals surface area contributed by atoms with Gasteiger partial charge >= 0.3 is 5.97 Å². The lowest BCUT2D eigenvalue weighted by Crippen LogP contribution is -2.43. The fraction of sp³-hybridized carbons (Fsp3) is 0.833. The minimum atomic E-state index is -0.437. The van der Waals surface area contributed by atoms with Crippen LogP contribution < -0.4 is 0 Å². The highest BCUT2D eigenvalue weighted by molar-refractivity contribution is 5.76. The van der Waals surface area contributed by atoms with Gasteiger partial charge in [0, 0.05) is 12.0 Å². The lowest BCUT2D eigenvalue weighted by Gasteiger charge is -2.39. The first-order valence-electron chi connectivity index (χ1n) is 8.34. The number of carbonyl (C=O) groups excluding carboxylic acids is 1. The van der Waals surface area contributed by atoms with Crippen LogP contribution in [0.2, 0.25) is 0 Å². The monoisotopic (exact) mass is 294 g/mol.